The van der Waals surface area contributed by atoms with E-state index in [0.717, 1.165) is 24.0 Å². The molecule has 0 radical (unpaired) electrons. The molecular formula is C24H27NO6. The standard InChI is InChI=1S/C24H27NO6/c1-13-11-19(29-4)14(2)10-17(13)22(26)20-21(18-8-7-15(3)31-18)25(24(28)23(20)27)12-16-6-5-9-30-16/h7-8,10-11,16,21,26H,5-6,9,12H2,1-4H3/b22-20+. The minimum absolute atomic E-state index is 0.0324. The minimum atomic E-state index is -0.806. The van der Waals surface area contributed by atoms with Crippen LogP contribution in [0.3, 0.4) is 0 Å². The zero-order valence-corrected chi connectivity index (χ0v) is 18.2. The largest absolute Gasteiger partial charge is 0.507 e. The molecule has 0 saturated carbocycles. The second kappa shape index (κ2) is 8.23. The molecule has 1 amide bonds. The number of likely N-dealkylation sites (tertiary alicyclic amines) is 1. The number of ether oxygens (including phenoxy) is 2. The number of hydrogen-bond acceptors (Lipinski definition) is 6. The van der Waals surface area contributed by atoms with Gasteiger partial charge in [0.15, 0.2) is 0 Å². The van der Waals surface area contributed by atoms with Crippen molar-refractivity contribution in [2.45, 2.75) is 45.8 Å². The number of amides is 1. The van der Waals surface area contributed by atoms with Crippen molar-refractivity contribution in [2.24, 2.45) is 0 Å². The molecule has 164 valence electrons. The first-order valence-electron chi connectivity index (χ1n) is 10.4. The van der Waals surface area contributed by atoms with E-state index >= 15 is 0 Å². The Labute approximate surface area is 181 Å². The van der Waals surface area contributed by atoms with E-state index in [2.05, 4.69) is 0 Å². The second-order valence-electron chi connectivity index (χ2n) is 8.17. The lowest BCUT2D eigenvalue weighted by molar-refractivity contribution is -0.141. The van der Waals surface area contributed by atoms with E-state index in [-0.39, 0.29) is 24.0 Å². The Balaban J connectivity index is 1.85. The van der Waals surface area contributed by atoms with Gasteiger partial charge in [-0.25, -0.2) is 0 Å². The first kappa shape index (κ1) is 21.2. The van der Waals surface area contributed by atoms with Gasteiger partial charge < -0.3 is 23.9 Å². The number of aliphatic hydroxyl groups is 1. The molecule has 31 heavy (non-hydrogen) atoms. The number of aryl methyl sites for hydroxylation is 3. The molecule has 0 spiro atoms. The van der Waals surface area contributed by atoms with Gasteiger partial charge in [-0.1, -0.05) is 0 Å². The molecule has 2 aliphatic rings. The molecule has 1 aromatic carbocycles. The summed E-state index contributed by atoms with van der Waals surface area (Å²) in [5.74, 6) is 0.205. The van der Waals surface area contributed by atoms with Crippen molar-refractivity contribution in [1.29, 1.82) is 0 Å². The zero-order chi connectivity index (χ0) is 22.3. The summed E-state index contributed by atoms with van der Waals surface area (Å²) >= 11 is 0. The van der Waals surface area contributed by atoms with Crippen molar-refractivity contribution in [3.63, 3.8) is 0 Å². The molecule has 2 aliphatic heterocycles. The van der Waals surface area contributed by atoms with Gasteiger partial charge in [0, 0.05) is 18.7 Å². The molecule has 1 N–H and O–H groups in total. The fourth-order valence-corrected chi connectivity index (χ4v) is 4.38. The predicted molar refractivity (Wildman–Crippen MR) is 114 cm³/mol. The number of furan rings is 1. The number of benzene rings is 1. The zero-order valence-electron chi connectivity index (χ0n) is 18.2. The lowest BCUT2D eigenvalue weighted by Crippen LogP contribution is -2.36. The molecule has 2 unspecified atom stereocenters. The number of rotatable bonds is 5. The summed E-state index contributed by atoms with van der Waals surface area (Å²) in [7, 11) is 1.58. The van der Waals surface area contributed by atoms with E-state index in [1.807, 2.05) is 13.8 Å². The Hall–Kier alpha value is -3.06. The number of Topliss-reactive ketones (excluding diaryl/α,β-unsaturated/α-hetero) is 1. The highest BCUT2D eigenvalue weighted by Gasteiger charge is 2.48. The average Bonchev–Trinajstić information content (AvgIpc) is 3.46. The maximum absolute atomic E-state index is 13.1. The van der Waals surface area contributed by atoms with E-state index < -0.39 is 17.7 Å². The molecule has 3 heterocycles. The molecule has 2 atom stereocenters. The van der Waals surface area contributed by atoms with Crippen LogP contribution in [-0.2, 0) is 14.3 Å². The Morgan fingerprint density at radius 3 is 2.58 bits per heavy atom. The van der Waals surface area contributed by atoms with Crippen molar-refractivity contribution in [3.8, 4) is 5.75 Å². The molecule has 2 aromatic rings. The number of ketones is 1. The highest BCUT2D eigenvalue weighted by Crippen LogP contribution is 2.41. The van der Waals surface area contributed by atoms with Gasteiger partial charge in [0.25, 0.3) is 11.7 Å². The fourth-order valence-electron chi connectivity index (χ4n) is 4.38. The maximum Gasteiger partial charge on any atom is 0.295 e. The number of aliphatic hydroxyl groups excluding tert-OH is 1. The lowest BCUT2D eigenvalue weighted by Gasteiger charge is -2.26. The highest BCUT2D eigenvalue weighted by atomic mass is 16.5. The van der Waals surface area contributed by atoms with E-state index in [9.17, 15) is 14.7 Å². The van der Waals surface area contributed by atoms with Crippen LogP contribution in [0.1, 0.15) is 47.1 Å². The SMILES string of the molecule is COc1cc(C)c(/C(O)=C2\C(=O)C(=O)N(CC3CCCO3)C2c2ccc(C)o2)cc1C. The van der Waals surface area contributed by atoms with Crippen molar-refractivity contribution in [3.05, 3.63) is 58.0 Å². The Morgan fingerprint density at radius 2 is 1.97 bits per heavy atom. The average molecular weight is 425 g/mol. The van der Waals surface area contributed by atoms with Crippen molar-refractivity contribution in [1.82, 2.24) is 4.90 Å². The van der Waals surface area contributed by atoms with Crippen LogP contribution in [0.25, 0.3) is 5.76 Å². The molecule has 7 nitrogen and oxygen atoms in total. The number of hydrogen-bond donors (Lipinski definition) is 1. The van der Waals surface area contributed by atoms with Crippen LogP contribution >= 0.6 is 0 Å². The van der Waals surface area contributed by atoms with Gasteiger partial charge in [-0.3, -0.25) is 9.59 Å². The number of carbonyl (C=O) groups excluding carboxylic acids is 2. The second-order valence-corrected chi connectivity index (χ2v) is 8.17. The summed E-state index contributed by atoms with van der Waals surface area (Å²) in [6.45, 7) is 6.40. The number of carbonyl (C=O) groups is 2. The minimum Gasteiger partial charge on any atom is -0.507 e. The summed E-state index contributed by atoms with van der Waals surface area (Å²) in [5, 5.41) is 11.3. The fraction of sp³-hybridized carbons (Fsp3) is 0.417. The topological polar surface area (TPSA) is 89.2 Å². The highest BCUT2D eigenvalue weighted by molar-refractivity contribution is 6.46. The quantitative estimate of drug-likeness (QED) is 0.445. The van der Waals surface area contributed by atoms with Gasteiger partial charge in [-0.15, -0.1) is 0 Å². The van der Waals surface area contributed by atoms with Crippen molar-refractivity contribution in [2.75, 3.05) is 20.3 Å². The third-order valence-electron chi connectivity index (χ3n) is 5.99. The first-order chi connectivity index (χ1) is 14.8. The van der Waals surface area contributed by atoms with E-state index in [1.54, 1.807) is 38.3 Å². The third kappa shape index (κ3) is 3.74. The van der Waals surface area contributed by atoms with Crippen LogP contribution < -0.4 is 4.74 Å². The van der Waals surface area contributed by atoms with E-state index in [0.29, 0.717) is 29.4 Å². The van der Waals surface area contributed by atoms with E-state index in [4.69, 9.17) is 13.9 Å². The van der Waals surface area contributed by atoms with Gasteiger partial charge in [-0.05, 0) is 69.0 Å². The summed E-state index contributed by atoms with van der Waals surface area (Å²) in [6, 6.07) is 6.29. The van der Waals surface area contributed by atoms with Gasteiger partial charge in [0.2, 0.25) is 0 Å². The van der Waals surface area contributed by atoms with Gasteiger partial charge in [-0.2, -0.15) is 0 Å². The Morgan fingerprint density at radius 1 is 1.19 bits per heavy atom. The van der Waals surface area contributed by atoms with E-state index in [1.165, 1.54) is 4.90 Å². The van der Waals surface area contributed by atoms with Crippen molar-refractivity contribution >= 4 is 17.4 Å². The lowest BCUT2D eigenvalue weighted by atomic mass is 9.95. The molecular weight excluding hydrogens is 398 g/mol. The summed E-state index contributed by atoms with van der Waals surface area (Å²) in [5.41, 5.74) is 2.07. The molecule has 2 fully saturated rings. The van der Waals surface area contributed by atoms with Crippen LogP contribution in [0.4, 0.5) is 0 Å². The first-order valence-corrected chi connectivity index (χ1v) is 10.4. The molecule has 2 saturated heterocycles. The normalized spacial score (nSPS) is 23.0. The van der Waals surface area contributed by atoms with Gasteiger partial charge in [0.05, 0.1) is 18.8 Å². The molecule has 4 rings (SSSR count). The summed E-state index contributed by atoms with van der Waals surface area (Å²) in [4.78, 5) is 27.6. The number of methoxy groups -OCH3 is 1. The maximum atomic E-state index is 13.1. The molecule has 7 heteroatoms. The van der Waals surface area contributed by atoms with Crippen LogP contribution in [0, 0.1) is 20.8 Å². The summed E-state index contributed by atoms with van der Waals surface area (Å²) in [6.07, 6.45) is 1.61. The monoisotopic (exact) mass is 425 g/mol. The molecule has 1 aromatic heterocycles. The predicted octanol–water partition coefficient (Wildman–Crippen LogP) is 3.81. The Bertz CT molecular complexity index is 1060. The molecule has 0 aliphatic carbocycles. The van der Waals surface area contributed by atoms with Crippen LogP contribution in [0.2, 0.25) is 0 Å². The van der Waals surface area contributed by atoms with Crippen LogP contribution in [0.5, 0.6) is 5.75 Å². The van der Waals surface area contributed by atoms with Crippen LogP contribution in [0.15, 0.2) is 34.3 Å². The molecule has 0 bridgehead atoms. The van der Waals surface area contributed by atoms with Crippen LogP contribution in [-0.4, -0.2) is 48.1 Å². The number of nitrogens with zero attached hydrogens (tertiary/aromatic N) is 1. The summed E-state index contributed by atoms with van der Waals surface area (Å²) < 4.78 is 16.9. The Kier molecular flexibility index (Phi) is 5.62. The van der Waals surface area contributed by atoms with Gasteiger partial charge in [0.1, 0.15) is 29.1 Å². The van der Waals surface area contributed by atoms with Crippen molar-refractivity contribution < 1.29 is 28.6 Å². The smallest absolute Gasteiger partial charge is 0.295 e. The van der Waals surface area contributed by atoms with Gasteiger partial charge >= 0.3 is 0 Å². The third-order valence-corrected chi connectivity index (χ3v) is 5.99.